The van der Waals surface area contributed by atoms with E-state index in [0.717, 1.165) is 17.0 Å². The first kappa shape index (κ1) is 29.9. The smallest absolute Gasteiger partial charge is 0.425 e. The van der Waals surface area contributed by atoms with Gasteiger partial charge in [-0.05, 0) is 47.7 Å². The number of nitrogens with one attached hydrogen (secondary N) is 1. The molecule has 0 bridgehead atoms. The molecule has 220 valence electrons. The van der Waals surface area contributed by atoms with Crippen molar-refractivity contribution in [3.05, 3.63) is 70.4 Å². The van der Waals surface area contributed by atoms with Crippen molar-refractivity contribution in [3.63, 3.8) is 0 Å². The molecule has 7 nitrogen and oxygen atoms in total. The summed E-state index contributed by atoms with van der Waals surface area (Å²) in [5.74, 6) is -3.67. The summed E-state index contributed by atoms with van der Waals surface area (Å²) in [6.07, 6.45) is -10.9. The molecule has 0 aromatic heterocycles. The predicted molar refractivity (Wildman–Crippen MR) is 133 cm³/mol. The molecular weight excluding hydrogens is 558 g/mol. The van der Waals surface area contributed by atoms with Crippen LogP contribution in [0.3, 0.4) is 0 Å². The molecule has 4 rings (SSSR count). The highest BCUT2D eigenvalue weighted by Gasteiger charge is 2.71. The Bertz CT molecular complexity index is 1420. The van der Waals surface area contributed by atoms with E-state index < -0.39 is 64.1 Å². The van der Waals surface area contributed by atoms with E-state index in [-0.39, 0.29) is 18.5 Å². The van der Waals surface area contributed by atoms with E-state index in [1.54, 1.807) is 19.2 Å². The SMILES string of the molecule is COc1cc(CN2C(=O)[C@](NC(=O)c3cccc(C(F)(F)F)c3)(C(F)(F)F)C3=C2CC(C)(C)CC3=O)cc(OC)c1. The van der Waals surface area contributed by atoms with E-state index >= 15 is 13.2 Å². The van der Waals surface area contributed by atoms with Gasteiger partial charge in [0.1, 0.15) is 11.5 Å². The van der Waals surface area contributed by atoms with Crippen LogP contribution in [0.1, 0.15) is 48.2 Å². The standard InChI is InChI=1S/C28H26F6N2O5/c1-25(2)12-20-22(21(37)13-25)26(28(32,33)34,35-23(38)16-6-5-7-17(10-16)27(29,30)31)24(39)36(20)14-15-8-18(40-3)11-19(9-15)41-4/h5-11H,12-14H2,1-4H3,(H,35,38)/t26-/m0/s1. The maximum absolute atomic E-state index is 15.0. The highest BCUT2D eigenvalue weighted by molar-refractivity contribution is 6.14. The third-order valence-corrected chi connectivity index (χ3v) is 7.05. The number of Topliss-reactive ketones (excluding diaryl/α,β-unsaturated/α-hetero) is 1. The molecule has 0 fully saturated rings. The summed E-state index contributed by atoms with van der Waals surface area (Å²) in [5.41, 5.74) is -7.54. The molecule has 13 heteroatoms. The third kappa shape index (κ3) is 5.36. The Hall–Kier alpha value is -4.03. The minimum atomic E-state index is -5.53. The maximum atomic E-state index is 15.0. The van der Waals surface area contributed by atoms with Crippen molar-refractivity contribution >= 4 is 17.6 Å². The number of allylic oxidation sites excluding steroid dienone is 1. The van der Waals surface area contributed by atoms with Gasteiger partial charge in [-0.15, -0.1) is 0 Å². The van der Waals surface area contributed by atoms with E-state index in [9.17, 15) is 27.6 Å². The predicted octanol–water partition coefficient (Wildman–Crippen LogP) is 5.44. The van der Waals surface area contributed by atoms with E-state index in [1.807, 2.05) is 0 Å². The zero-order valence-corrected chi connectivity index (χ0v) is 22.4. The van der Waals surface area contributed by atoms with E-state index in [4.69, 9.17) is 9.47 Å². The molecule has 2 aromatic rings. The van der Waals surface area contributed by atoms with Crippen LogP contribution in [-0.4, -0.2) is 48.4 Å². The van der Waals surface area contributed by atoms with Crippen LogP contribution in [0.25, 0.3) is 0 Å². The average Bonchev–Trinajstić information content (AvgIpc) is 3.10. The molecule has 0 saturated carbocycles. The van der Waals surface area contributed by atoms with Crippen molar-refractivity contribution in [3.8, 4) is 11.5 Å². The number of alkyl halides is 6. The maximum Gasteiger partial charge on any atom is 0.425 e. The van der Waals surface area contributed by atoms with Gasteiger partial charge in [0.05, 0.1) is 31.9 Å². The van der Waals surface area contributed by atoms with Crippen molar-refractivity contribution < 1.29 is 50.2 Å². The Labute approximate surface area is 231 Å². The number of amides is 2. The fourth-order valence-electron chi connectivity index (χ4n) is 5.21. The number of hydrogen-bond donors (Lipinski definition) is 1. The fraction of sp³-hybridized carbons (Fsp3) is 0.393. The first-order valence-corrected chi connectivity index (χ1v) is 12.3. The summed E-state index contributed by atoms with van der Waals surface area (Å²) in [6, 6.07) is 7.23. The van der Waals surface area contributed by atoms with Crippen molar-refractivity contribution in [2.75, 3.05) is 14.2 Å². The minimum absolute atomic E-state index is 0.113. The van der Waals surface area contributed by atoms with Gasteiger partial charge < -0.3 is 19.7 Å². The first-order chi connectivity index (χ1) is 18.9. The Kier molecular flexibility index (Phi) is 7.38. The zero-order chi connectivity index (χ0) is 30.5. The number of carbonyl (C=O) groups excluding carboxylic acids is 3. The zero-order valence-electron chi connectivity index (χ0n) is 22.4. The quantitative estimate of drug-likeness (QED) is 0.458. The minimum Gasteiger partial charge on any atom is -0.497 e. The molecule has 2 aromatic carbocycles. The summed E-state index contributed by atoms with van der Waals surface area (Å²) in [7, 11) is 2.72. The van der Waals surface area contributed by atoms with Gasteiger partial charge >= 0.3 is 12.4 Å². The normalized spacial score (nSPS) is 20.7. The molecule has 1 aliphatic carbocycles. The van der Waals surface area contributed by atoms with Gasteiger partial charge in [-0.25, -0.2) is 0 Å². The molecule has 0 unspecified atom stereocenters. The van der Waals surface area contributed by atoms with Crippen LogP contribution in [0, 0.1) is 5.41 Å². The van der Waals surface area contributed by atoms with E-state index in [0.29, 0.717) is 29.2 Å². The Morgan fingerprint density at radius 1 is 0.951 bits per heavy atom. The van der Waals surface area contributed by atoms with Crippen molar-refractivity contribution in [2.45, 2.75) is 51.1 Å². The first-order valence-electron chi connectivity index (χ1n) is 12.3. The third-order valence-electron chi connectivity index (χ3n) is 7.05. The number of hydrogen-bond acceptors (Lipinski definition) is 5. The lowest BCUT2D eigenvalue weighted by molar-refractivity contribution is -0.190. The summed E-state index contributed by atoms with van der Waals surface area (Å²) < 4.78 is 95.2. The number of ether oxygens (including phenoxy) is 2. The lowest BCUT2D eigenvalue weighted by Gasteiger charge is -2.35. The lowest BCUT2D eigenvalue weighted by atomic mass is 9.72. The molecule has 0 spiro atoms. The molecule has 2 amide bonds. The molecule has 1 N–H and O–H groups in total. The number of benzene rings is 2. The number of methoxy groups -OCH3 is 2. The summed E-state index contributed by atoms with van der Waals surface area (Å²) in [4.78, 5) is 41.1. The van der Waals surface area contributed by atoms with Crippen molar-refractivity contribution in [1.29, 1.82) is 0 Å². The van der Waals surface area contributed by atoms with Gasteiger partial charge in [-0.3, -0.25) is 14.4 Å². The molecule has 0 saturated heterocycles. The van der Waals surface area contributed by atoms with E-state index in [2.05, 4.69) is 0 Å². The van der Waals surface area contributed by atoms with E-state index in [1.165, 1.54) is 32.4 Å². The molecule has 2 aliphatic rings. The largest absolute Gasteiger partial charge is 0.497 e. The lowest BCUT2D eigenvalue weighted by Crippen LogP contribution is -2.66. The van der Waals surface area contributed by atoms with Gasteiger partial charge in [0.15, 0.2) is 5.78 Å². The number of nitrogens with zero attached hydrogens (tertiary/aromatic N) is 1. The van der Waals surface area contributed by atoms with Gasteiger partial charge in [0, 0.05) is 23.7 Å². The highest BCUT2D eigenvalue weighted by atomic mass is 19.4. The van der Waals surface area contributed by atoms with Crippen LogP contribution < -0.4 is 14.8 Å². The van der Waals surface area contributed by atoms with Gasteiger partial charge in [-0.1, -0.05) is 19.9 Å². The monoisotopic (exact) mass is 584 g/mol. The fourth-order valence-corrected chi connectivity index (χ4v) is 5.21. The average molecular weight is 585 g/mol. The summed E-state index contributed by atoms with van der Waals surface area (Å²) >= 11 is 0. The van der Waals surface area contributed by atoms with Crippen LogP contribution >= 0.6 is 0 Å². The Balaban J connectivity index is 1.87. The van der Waals surface area contributed by atoms with Gasteiger partial charge in [0.2, 0.25) is 5.54 Å². The molecular formula is C28H26F6N2O5. The molecule has 0 radical (unpaired) electrons. The second-order valence-corrected chi connectivity index (χ2v) is 10.7. The van der Waals surface area contributed by atoms with Crippen molar-refractivity contribution in [1.82, 2.24) is 10.2 Å². The van der Waals surface area contributed by atoms with Gasteiger partial charge in [-0.2, -0.15) is 26.3 Å². The Morgan fingerprint density at radius 3 is 2.10 bits per heavy atom. The number of carbonyl (C=O) groups is 3. The number of ketones is 1. The summed E-state index contributed by atoms with van der Waals surface area (Å²) in [5, 5.41) is 1.64. The van der Waals surface area contributed by atoms with Crippen LogP contribution in [0.5, 0.6) is 11.5 Å². The topological polar surface area (TPSA) is 84.9 Å². The van der Waals surface area contributed by atoms with Gasteiger partial charge in [0.25, 0.3) is 11.8 Å². The number of rotatable bonds is 6. The highest BCUT2D eigenvalue weighted by Crippen LogP contribution is 2.52. The molecule has 1 atom stereocenters. The van der Waals surface area contributed by atoms with Crippen LogP contribution in [0.2, 0.25) is 0 Å². The number of halogens is 6. The molecule has 1 heterocycles. The molecule has 41 heavy (non-hydrogen) atoms. The second kappa shape index (κ2) is 10.1. The molecule has 1 aliphatic heterocycles. The van der Waals surface area contributed by atoms with Crippen LogP contribution in [0.15, 0.2) is 53.7 Å². The summed E-state index contributed by atoms with van der Waals surface area (Å²) in [6.45, 7) is 2.87. The van der Waals surface area contributed by atoms with Crippen molar-refractivity contribution in [2.24, 2.45) is 5.41 Å². The van der Waals surface area contributed by atoms with Crippen LogP contribution in [-0.2, 0) is 22.3 Å². The van der Waals surface area contributed by atoms with Crippen LogP contribution in [0.4, 0.5) is 26.3 Å². The second-order valence-electron chi connectivity index (χ2n) is 10.7. The Morgan fingerprint density at radius 2 is 1.56 bits per heavy atom.